The van der Waals surface area contributed by atoms with Crippen molar-refractivity contribution in [3.63, 3.8) is 0 Å². The van der Waals surface area contributed by atoms with Gasteiger partial charge >= 0.3 is 5.97 Å². The maximum absolute atomic E-state index is 14.7. The summed E-state index contributed by atoms with van der Waals surface area (Å²) in [5.41, 5.74) is 5.86. The van der Waals surface area contributed by atoms with Crippen molar-refractivity contribution in [2.45, 2.75) is 146 Å². The molecule has 0 radical (unpaired) electrons. The molecule has 2 aromatic carbocycles. The molecule has 6 nitrogen and oxygen atoms in total. The van der Waals surface area contributed by atoms with E-state index < -0.39 is 13.9 Å². The van der Waals surface area contributed by atoms with Gasteiger partial charge in [0, 0.05) is 22.5 Å². The number of pyridine rings is 1. The number of anilines is 1. The van der Waals surface area contributed by atoms with Crippen molar-refractivity contribution < 1.29 is 23.1 Å². The van der Waals surface area contributed by atoms with E-state index in [0.717, 1.165) is 61.2 Å². The molecule has 1 heterocycles. The zero-order chi connectivity index (χ0) is 39.0. The highest BCUT2D eigenvalue weighted by molar-refractivity contribution is 6.77. The number of carbonyl (C=O) groups excluding carboxylic acids is 1. The lowest BCUT2D eigenvalue weighted by molar-refractivity contribution is -0.148. The molecule has 3 aliphatic rings. The maximum atomic E-state index is 14.7. The Morgan fingerprint density at radius 1 is 0.981 bits per heavy atom. The first-order valence-corrected chi connectivity index (χ1v) is 22.9. The van der Waals surface area contributed by atoms with Crippen LogP contribution in [0.3, 0.4) is 0 Å². The van der Waals surface area contributed by atoms with Gasteiger partial charge in [-0.05, 0) is 139 Å². The molecule has 1 spiro atoms. The van der Waals surface area contributed by atoms with E-state index >= 15 is 0 Å². The van der Waals surface area contributed by atoms with Crippen LogP contribution in [0, 0.1) is 17.7 Å². The molecule has 0 amide bonds. The summed E-state index contributed by atoms with van der Waals surface area (Å²) in [6.45, 7) is 19.2. The van der Waals surface area contributed by atoms with E-state index in [4.69, 9.17) is 30.5 Å². The fourth-order valence-electron chi connectivity index (χ4n) is 11.0. The Labute approximate surface area is 329 Å². The summed E-state index contributed by atoms with van der Waals surface area (Å²) >= 11 is 6.32. The number of halogens is 2. The molecule has 0 bridgehead atoms. The Bertz CT molecular complexity index is 1770. The van der Waals surface area contributed by atoms with Gasteiger partial charge in [-0.1, -0.05) is 79.1 Å². The van der Waals surface area contributed by atoms with Crippen molar-refractivity contribution in [3.8, 4) is 5.75 Å². The van der Waals surface area contributed by atoms with Gasteiger partial charge in [0.05, 0.1) is 25.5 Å². The Hall–Kier alpha value is -2.94. The lowest BCUT2D eigenvalue weighted by Crippen LogP contribution is -2.53. The van der Waals surface area contributed by atoms with E-state index in [2.05, 4.69) is 60.7 Å². The molecule has 0 aliphatic heterocycles. The maximum Gasteiger partial charge on any atom is 0.331 e. The monoisotopic (exact) mass is 776 g/mol. The quantitative estimate of drug-likeness (QED) is 0.138. The molecule has 0 saturated heterocycles. The number of ether oxygens (including phenoxy) is 2. The average Bonchev–Trinajstić information content (AvgIpc) is 3.41. The van der Waals surface area contributed by atoms with Gasteiger partial charge in [0.15, 0.2) is 0 Å². The second-order valence-electron chi connectivity index (χ2n) is 17.7. The summed E-state index contributed by atoms with van der Waals surface area (Å²) < 4.78 is 34.2. The van der Waals surface area contributed by atoms with Crippen LogP contribution in [-0.2, 0) is 25.8 Å². The van der Waals surface area contributed by atoms with Crippen LogP contribution in [0.1, 0.15) is 135 Å². The van der Waals surface area contributed by atoms with E-state index in [9.17, 15) is 9.18 Å². The van der Waals surface area contributed by atoms with Crippen molar-refractivity contribution in [2.75, 3.05) is 19.0 Å². The SMILES string of the molecule is COC(=O)C1(Nc2cccc(Cl)c2)CCC2(CC1)c1ccc(F)cc1C[C@@H]2C[C@@H](C)COc1ccnc2c1[C@H](C)CC[C@H]2O[Si](C(C)C)(C(C)C)C(C)C. The van der Waals surface area contributed by atoms with E-state index in [0.29, 0.717) is 52.9 Å². The Morgan fingerprint density at radius 3 is 2.33 bits per heavy atom. The summed E-state index contributed by atoms with van der Waals surface area (Å²) in [4.78, 5) is 18.4. The van der Waals surface area contributed by atoms with Gasteiger partial charge in [0.1, 0.15) is 17.1 Å². The summed E-state index contributed by atoms with van der Waals surface area (Å²) in [7, 11) is -0.653. The van der Waals surface area contributed by atoms with Gasteiger partial charge in [-0.25, -0.2) is 9.18 Å². The van der Waals surface area contributed by atoms with E-state index in [-0.39, 0.29) is 29.2 Å². The van der Waals surface area contributed by atoms with Gasteiger partial charge in [-0.3, -0.25) is 4.98 Å². The standard InChI is InChI=1S/C45H62ClFN2O4Si/c1-28(2)54(29(3)4,30(5)6)53-40-16-13-32(8)41-39(17-22-48-42(40)41)52-27-31(7)23-34-24-33-25-36(47)14-15-38(33)44(34)18-20-45(21-19-44,43(50)51-9)49-37-12-10-11-35(46)26-37/h10-12,14-15,17,22,25-26,28-32,34,40,49H,13,16,18-21,23-24,27H2,1-9H3/t31-,32-,34+,40-,44?,45?/m1/s1. The number of rotatable bonds is 13. The number of hydrogen-bond acceptors (Lipinski definition) is 6. The summed E-state index contributed by atoms with van der Waals surface area (Å²) in [5, 5.41) is 4.14. The number of hydrogen-bond donors (Lipinski definition) is 1. The number of nitrogens with one attached hydrogen (secondary N) is 1. The molecule has 294 valence electrons. The van der Waals surface area contributed by atoms with Crippen molar-refractivity contribution in [1.29, 1.82) is 0 Å². The van der Waals surface area contributed by atoms with Crippen molar-refractivity contribution >= 4 is 31.6 Å². The average molecular weight is 778 g/mol. The predicted octanol–water partition coefficient (Wildman–Crippen LogP) is 12.1. The highest BCUT2D eigenvalue weighted by Gasteiger charge is 2.54. The van der Waals surface area contributed by atoms with Crippen LogP contribution in [0.5, 0.6) is 5.75 Å². The minimum absolute atomic E-state index is 0.00920. The molecule has 1 N–H and O–H groups in total. The molecule has 3 aliphatic carbocycles. The van der Waals surface area contributed by atoms with Gasteiger partial charge in [0.25, 0.3) is 0 Å². The lowest BCUT2D eigenvalue weighted by Gasteiger charge is -2.47. The number of esters is 1. The first-order chi connectivity index (χ1) is 25.7. The zero-order valence-electron chi connectivity index (χ0n) is 33.9. The third-order valence-electron chi connectivity index (χ3n) is 13.5. The summed E-state index contributed by atoms with van der Waals surface area (Å²) in [6.07, 6.45) is 8.46. The van der Waals surface area contributed by atoms with Crippen LogP contribution >= 0.6 is 11.6 Å². The molecule has 54 heavy (non-hydrogen) atoms. The highest BCUT2D eigenvalue weighted by atomic mass is 35.5. The number of benzene rings is 2. The molecule has 1 fully saturated rings. The van der Waals surface area contributed by atoms with Gasteiger partial charge in [-0.2, -0.15) is 0 Å². The topological polar surface area (TPSA) is 69.7 Å². The Kier molecular flexibility index (Phi) is 12.3. The van der Waals surface area contributed by atoms with Crippen molar-refractivity contribution in [2.24, 2.45) is 11.8 Å². The second-order valence-corrected chi connectivity index (χ2v) is 23.6. The Morgan fingerprint density at radius 2 is 1.69 bits per heavy atom. The van der Waals surface area contributed by atoms with Crippen LogP contribution in [0.15, 0.2) is 54.7 Å². The van der Waals surface area contributed by atoms with E-state index in [1.165, 1.54) is 18.2 Å². The number of carbonyl (C=O) groups is 1. The number of fused-ring (bicyclic) bond motifs is 3. The number of nitrogens with zero attached hydrogens (tertiary/aromatic N) is 1. The van der Waals surface area contributed by atoms with E-state index in [1.54, 1.807) is 12.1 Å². The van der Waals surface area contributed by atoms with Gasteiger partial charge in [0.2, 0.25) is 8.32 Å². The fraction of sp³-hybridized carbons (Fsp3) is 0.600. The molecule has 0 unspecified atom stereocenters. The summed E-state index contributed by atoms with van der Waals surface area (Å²) in [5.74, 6) is 1.35. The summed E-state index contributed by atoms with van der Waals surface area (Å²) in [6, 6.07) is 14.9. The second kappa shape index (κ2) is 16.3. The van der Waals surface area contributed by atoms with E-state index in [1.807, 2.05) is 42.6 Å². The van der Waals surface area contributed by atoms with Gasteiger partial charge in [-0.15, -0.1) is 0 Å². The minimum atomic E-state index is -2.11. The molecule has 6 rings (SSSR count). The van der Waals surface area contributed by atoms with Crippen molar-refractivity contribution in [3.05, 3.63) is 88.0 Å². The Balaban J connectivity index is 1.21. The molecule has 1 aromatic heterocycles. The smallest absolute Gasteiger partial charge is 0.331 e. The molecule has 9 heteroatoms. The number of methoxy groups -OCH3 is 1. The molecule has 1 saturated carbocycles. The van der Waals surface area contributed by atoms with Crippen LogP contribution in [0.4, 0.5) is 10.1 Å². The third-order valence-corrected chi connectivity index (χ3v) is 19.9. The van der Waals surface area contributed by atoms with Crippen LogP contribution in [0.25, 0.3) is 0 Å². The van der Waals surface area contributed by atoms with Crippen LogP contribution < -0.4 is 10.1 Å². The number of aromatic nitrogens is 1. The normalized spacial score (nSPS) is 25.9. The predicted molar refractivity (Wildman–Crippen MR) is 220 cm³/mol. The fourth-order valence-corrected chi connectivity index (χ4v) is 16.7. The lowest BCUT2D eigenvalue weighted by atomic mass is 9.59. The van der Waals surface area contributed by atoms with Crippen LogP contribution in [0.2, 0.25) is 21.6 Å². The highest BCUT2D eigenvalue weighted by Crippen LogP contribution is 2.57. The van der Waals surface area contributed by atoms with Crippen molar-refractivity contribution in [1.82, 2.24) is 4.98 Å². The van der Waals surface area contributed by atoms with Crippen LogP contribution in [-0.4, -0.2) is 38.5 Å². The molecule has 4 atom stereocenters. The molecular weight excluding hydrogens is 715 g/mol. The first-order valence-electron chi connectivity index (χ1n) is 20.4. The van der Waals surface area contributed by atoms with Gasteiger partial charge < -0.3 is 19.2 Å². The molecular formula is C45H62ClFN2O4Si. The zero-order valence-corrected chi connectivity index (χ0v) is 35.7. The first kappa shape index (κ1) is 40.7. The largest absolute Gasteiger partial charge is 0.493 e. The molecule has 3 aromatic rings. The minimum Gasteiger partial charge on any atom is -0.493 e. The third kappa shape index (κ3) is 7.60.